The fraction of sp³-hybridized carbons (Fsp3) is 0.600. The summed E-state index contributed by atoms with van der Waals surface area (Å²) in [5, 5.41) is 0. The lowest BCUT2D eigenvalue weighted by Gasteiger charge is -2.06. The van der Waals surface area contributed by atoms with E-state index in [1.54, 1.807) is 6.26 Å². The van der Waals surface area contributed by atoms with Crippen LogP contribution >= 0.6 is 11.6 Å². The molecule has 0 aliphatic heterocycles. The van der Waals surface area contributed by atoms with E-state index >= 15 is 0 Å². The third-order valence-electron chi connectivity index (χ3n) is 2.88. The molecule has 1 aliphatic carbocycles. The molecule has 2 rings (SSSR count). The highest BCUT2D eigenvalue weighted by Crippen LogP contribution is 2.54. The van der Waals surface area contributed by atoms with Gasteiger partial charge in [0.05, 0.1) is 6.26 Å². The predicted molar refractivity (Wildman–Crippen MR) is 49.3 cm³/mol. The molecule has 66 valence electrons. The largest absolute Gasteiger partial charge is 0.469 e. The topological polar surface area (TPSA) is 13.1 Å². The zero-order chi connectivity index (χ0) is 8.60. The van der Waals surface area contributed by atoms with Gasteiger partial charge in [0.25, 0.3) is 0 Å². The molecule has 1 heterocycles. The molecular weight excluding hydrogens is 172 g/mol. The van der Waals surface area contributed by atoms with Crippen LogP contribution in [0.1, 0.15) is 19.1 Å². The molecule has 2 atom stereocenters. The number of halogens is 1. The Morgan fingerprint density at radius 3 is 3.08 bits per heavy atom. The van der Waals surface area contributed by atoms with Crippen LogP contribution in [0.2, 0.25) is 0 Å². The van der Waals surface area contributed by atoms with E-state index in [-0.39, 0.29) is 0 Å². The molecule has 1 nitrogen and oxygen atoms in total. The van der Waals surface area contributed by atoms with Crippen molar-refractivity contribution in [2.24, 2.45) is 11.3 Å². The van der Waals surface area contributed by atoms with Gasteiger partial charge in [-0.05, 0) is 29.9 Å². The van der Waals surface area contributed by atoms with Crippen molar-refractivity contribution < 1.29 is 4.42 Å². The fourth-order valence-corrected chi connectivity index (χ4v) is 2.25. The number of furan rings is 1. The first-order valence-corrected chi connectivity index (χ1v) is 4.86. The number of hydrogen-bond acceptors (Lipinski definition) is 1. The van der Waals surface area contributed by atoms with Crippen molar-refractivity contribution in [3.8, 4) is 0 Å². The van der Waals surface area contributed by atoms with Crippen molar-refractivity contribution in [3.63, 3.8) is 0 Å². The van der Waals surface area contributed by atoms with Gasteiger partial charge in [-0.3, -0.25) is 0 Å². The van der Waals surface area contributed by atoms with Crippen molar-refractivity contribution in [1.29, 1.82) is 0 Å². The van der Waals surface area contributed by atoms with Gasteiger partial charge in [0.2, 0.25) is 0 Å². The maximum absolute atomic E-state index is 5.79. The lowest BCUT2D eigenvalue weighted by atomic mass is 10.0. The van der Waals surface area contributed by atoms with E-state index in [1.165, 1.54) is 6.42 Å². The minimum absolute atomic E-state index is 0.416. The molecule has 0 aromatic carbocycles. The van der Waals surface area contributed by atoms with E-state index in [9.17, 15) is 0 Å². The van der Waals surface area contributed by atoms with Gasteiger partial charge in [-0.15, -0.1) is 11.6 Å². The molecule has 1 saturated carbocycles. The zero-order valence-corrected chi connectivity index (χ0v) is 7.97. The molecule has 2 heteroatoms. The van der Waals surface area contributed by atoms with Crippen molar-refractivity contribution in [1.82, 2.24) is 0 Å². The molecule has 0 saturated heterocycles. The summed E-state index contributed by atoms with van der Waals surface area (Å²) in [7, 11) is 0. The Kier molecular flexibility index (Phi) is 1.91. The Labute approximate surface area is 77.7 Å². The van der Waals surface area contributed by atoms with Gasteiger partial charge in [0.1, 0.15) is 5.76 Å². The lowest BCUT2D eigenvalue weighted by molar-refractivity contribution is 0.429. The molecule has 0 amide bonds. The molecule has 1 aliphatic rings. The summed E-state index contributed by atoms with van der Waals surface area (Å²) in [6.45, 7) is 2.28. The van der Waals surface area contributed by atoms with Crippen molar-refractivity contribution in [2.45, 2.75) is 19.8 Å². The molecule has 0 N–H and O–H groups in total. The van der Waals surface area contributed by atoms with Crippen LogP contribution in [-0.4, -0.2) is 5.88 Å². The molecule has 1 fully saturated rings. The Bertz CT molecular complexity index is 255. The summed E-state index contributed by atoms with van der Waals surface area (Å²) in [6, 6.07) is 3.98. The molecule has 0 bridgehead atoms. The maximum Gasteiger partial charge on any atom is 0.104 e. The van der Waals surface area contributed by atoms with E-state index in [4.69, 9.17) is 16.0 Å². The van der Waals surface area contributed by atoms with E-state index in [0.29, 0.717) is 11.3 Å². The average Bonchev–Trinajstić information content (AvgIpc) is 2.48. The minimum atomic E-state index is 0.416. The number of hydrogen-bond donors (Lipinski definition) is 0. The SMILES string of the molecule is CC1(Cc2ccco2)CC1CCl. The van der Waals surface area contributed by atoms with E-state index in [2.05, 4.69) is 6.92 Å². The van der Waals surface area contributed by atoms with Crippen LogP contribution in [0, 0.1) is 11.3 Å². The summed E-state index contributed by atoms with van der Waals surface area (Å²) in [6.07, 6.45) is 4.02. The first-order chi connectivity index (χ1) is 5.74. The van der Waals surface area contributed by atoms with Gasteiger partial charge in [0, 0.05) is 12.3 Å². The summed E-state index contributed by atoms with van der Waals surface area (Å²) in [4.78, 5) is 0. The third-order valence-corrected chi connectivity index (χ3v) is 3.26. The smallest absolute Gasteiger partial charge is 0.104 e. The zero-order valence-electron chi connectivity index (χ0n) is 7.22. The van der Waals surface area contributed by atoms with Gasteiger partial charge >= 0.3 is 0 Å². The number of rotatable bonds is 3. The standard InChI is InChI=1S/C10H13ClO/c1-10(5-8(10)7-11)6-9-3-2-4-12-9/h2-4,8H,5-7H2,1H3. The molecule has 1 aromatic heterocycles. The summed E-state index contributed by atoms with van der Waals surface area (Å²) >= 11 is 5.79. The van der Waals surface area contributed by atoms with Crippen LogP contribution < -0.4 is 0 Å². The van der Waals surface area contributed by atoms with E-state index < -0.39 is 0 Å². The van der Waals surface area contributed by atoms with Gasteiger partial charge < -0.3 is 4.42 Å². The average molecular weight is 185 g/mol. The fourth-order valence-electron chi connectivity index (χ4n) is 1.77. The molecule has 1 aromatic rings. The summed E-state index contributed by atoms with van der Waals surface area (Å²) in [5.74, 6) is 2.58. The second kappa shape index (κ2) is 2.81. The van der Waals surface area contributed by atoms with E-state index in [0.717, 1.165) is 18.1 Å². The Balaban J connectivity index is 1.97. The van der Waals surface area contributed by atoms with Crippen molar-refractivity contribution >= 4 is 11.6 Å². The predicted octanol–water partition coefficient (Wildman–Crippen LogP) is 3.09. The van der Waals surface area contributed by atoms with Gasteiger partial charge in [-0.25, -0.2) is 0 Å². The van der Waals surface area contributed by atoms with Gasteiger partial charge in [-0.2, -0.15) is 0 Å². The van der Waals surface area contributed by atoms with Crippen molar-refractivity contribution in [2.75, 3.05) is 5.88 Å². The monoisotopic (exact) mass is 184 g/mol. The van der Waals surface area contributed by atoms with Crippen LogP contribution in [-0.2, 0) is 6.42 Å². The molecule has 12 heavy (non-hydrogen) atoms. The molecule has 2 unspecified atom stereocenters. The first-order valence-electron chi connectivity index (χ1n) is 4.33. The normalized spacial score (nSPS) is 33.7. The lowest BCUT2D eigenvalue weighted by Crippen LogP contribution is -2.02. The second-order valence-electron chi connectivity index (χ2n) is 3.97. The summed E-state index contributed by atoms with van der Waals surface area (Å²) < 4.78 is 5.30. The van der Waals surface area contributed by atoms with Gasteiger partial charge in [-0.1, -0.05) is 6.92 Å². The molecule has 0 radical (unpaired) electrons. The quantitative estimate of drug-likeness (QED) is 0.658. The minimum Gasteiger partial charge on any atom is -0.469 e. The Morgan fingerprint density at radius 1 is 1.75 bits per heavy atom. The van der Waals surface area contributed by atoms with Crippen LogP contribution in [0.25, 0.3) is 0 Å². The van der Waals surface area contributed by atoms with Gasteiger partial charge in [0.15, 0.2) is 0 Å². The maximum atomic E-state index is 5.79. The molecule has 0 spiro atoms. The van der Waals surface area contributed by atoms with Crippen molar-refractivity contribution in [3.05, 3.63) is 24.2 Å². The summed E-state index contributed by atoms with van der Waals surface area (Å²) in [5.41, 5.74) is 0.416. The highest BCUT2D eigenvalue weighted by Gasteiger charge is 2.49. The third kappa shape index (κ3) is 1.38. The highest BCUT2D eigenvalue weighted by molar-refractivity contribution is 6.18. The van der Waals surface area contributed by atoms with Crippen LogP contribution in [0.3, 0.4) is 0 Å². The van der Waals surface area contributed by atoms with Crippen LogP contribution in [0.4, 0.5) is 0 Å². The van der Waals surface area contributed by atoms with Crippen LogP contribution in [0.5, 0.6) is 0 Å². The highest BCUT2D eigenvalue weighted by atomic mass is 35.5. The van der Waals surface area contributed by atoms with E-state index in [1.807, 2.05) is 12.1 Å². The van der Waals surface area contributed by atoms with Crippen LogP contribution in [0.15, 0.2) is 22.8 Å². The Morgan fingerprint density at radius 2 is 2.58 bits per heavy atom. The molecular formula is C10H13ClO. The second-order valence-corrected chi connectivity index (χ2v) is 4.27. The Hall–Kier alpha value is -0.430. The first kappa shape index (κ1) is 8.18. The number of alkyl halides is 1.